The molecule has 0 saturated carbocycles. The summed E-state index contributed by atoms with van der Waals surface area (Å²) < 4.78 is 11.4. The molecule has 0 radical (unpaired) electrons. The zero-order valence-electron chi connectivity index (χ0n) is 23.4. The molecular weight excluding hydrogens is 488 g/mol. The van der Waals surface area contributed by atoms with Crippen molar-refractivity contribution in [3.63, 3.8) is 0 Å². The van der Waals surface area contributed by atoms with Gasteiger partial charge in [-0.2, -0.15) is 0 Å². The maximum atomic E-state index is 13.8. The number of alkyl carbamates (subject to hydrolysis) is 1. The highest BCUT2D eigenvalue weighted by atomic mass is 16.6. The number of hydrogen-bond donors (Lipinski definition) is 3. The summed E-state index contributed by atoms with van der Waals surface area (Å²) >= 11 is 0. The summed E-state index contributed by atoms with van der Waals surface area (Å²) in [5, 5.41) is 8.67. The topological polar surface area (TPSA) is 126 Å². The van der Waals surface area contributed by atoms with E-state index < -0.39 is 17.7 Å². The lowest BCUT2D eigenvalue weighted by Gasteiger charge is -2.30. The monoisotopic (exact) mass is 530 g/mol. The molecule has 2 aliphatic rings. The van der Waals surface area contributed by atoms with E-state index in [1.165, 1.54) is 0 Å². The van der Waals surface area contributed by atoms with Gasteiger partial charge in [0.25, 0.3) is 5.91 Å². The van der Waals surface area contributed by atoms with Crippen molar-refractivity contribution in [3.8, 4) is 5.75 Å². The number of hydrogen-bond acceptors (Lipinski definition) is 6. The number of rotatable bonds is 3. The van der Waals surface area contributed by atoms with Crippen molar-refractivity contribution in [2.45, 2.75) is 91.0 Å². The van der Waals surface area contributed by atoms with Gasteiger partial charge in [-0.1, -0.05) is 26.8 Å². The lowest BCUT2D eigenvalue weighted by Crippen LogP contribution is -2.52. The van der Waals surface area contributed by atoms with Crippen molar-refractivity contribution in [1.29, 1.82) is 0 Å². The molecule has 0 aliphatic carbocycles. The molecule has 0 aromatic heterocycles. The van der Waals surface area contributed by atoms with Gasteiger partial charge in [0.1, 0.15) is 24.0 Å². The quantitative estimate of drug-likeness (QED) is 0.552. The van der Waals surface area contributed by atoms with E-state index in [9.17, 15) is 19.2 Å². The van der Waals surface area contributed by atoms with Crippen molar-refractivity contribution < 1.29 is 28.7 Å². The van der Waals surface area contributed by atoms with Gasteiger partial charge < -0.3 is 30.3 Å². The van der Waals surface area contributed by atoms with Gasteiger partial charge in [-0.3, -0.25) is 14.4 Å². The van der Waals surface area contributed by atoms with Gasteiger partial charge in [0.05, 0.1) is 12.1 Å². The van der Waals surface area contributed by atoms with E-state index in [0.29, 0.717) is 37.1 Å². The van der Waals surface area contributed by atoms with Gasteiger partial charge in [-0.25, -0.2) is 4.79 Å². The molecule has 1 saturated heterocycles. The second-order valence-corrected chi connectivity index (χ2v) is 12.3. The fourth-order valence-electron chi connectivity index (χ4n) is 4.64. The summed E-state index contributed by atoms with van der Waals surface area (Å²) in [6, 6.07) is 5.47. The SMILES string of the molecule is CC(C)(C)CC(=O)N[C@H]1CCCNC(=O)c2cccc(c2)OC[C@@H]2C[C@H](NC(=O)OC(C)(C)C)CN2C1=O. The number of carbonyl (C=O) groups is 4. The van der Waals surface area contributed by atoms with Crippen LogP contribution in [-0.2, 0) is 14.3 Å². The average Bonchev–Trinajstić information content (AvgIpc) is 3.18. The van der Waals surface area contributed by atoms with Crippen molar-refractivity contribution >= 4 is 23.8 Å². The first-order valence-electron chi connectivity index (χ1n) is 13.3. The molecule has 2 bridgehead atoms. The summed E-state index contributed by atoms with van der Waals surface area (Å²) in [6.07, 6.45) is 1.07. The first-order valence-corrected chi connectivity index (χ1v) is 13.3. The number of ether oxygens (including phenoxy) is 2. The van der Waals surface area contributed by atoms with Crippen LogP contribution in [0.5, 0.6) is 5.75 Å². The maximum Gasteiger partial charge on any atom is 0.407 e. The molecule has 0 unspecified atom stereocenters. The minimum Gasteiger partial charge on any atom is -0.491 e. The van der Waals surface area contributed by atoms with Crippen LogP contribution in [0.3, 0.4) is 0 Å². The van der Waals surface area contributed by atoms with Crippen molar-refractivity contribution in [2.24, 2.45) is 5.41 Å². The standard InChI is InChI=1S/C28H42N4O6/c1-27(2,3)15-23(33)31-22-11-8-12-29-24(34)18-9-7-10-21(13-18)37-17-20-14-19(16-32(20)25(22)35)30-26(36)38-28(4,5)6/h7,9-10,13,19-20,22H,8,11-12,14-17H2,1-6H3,(H,29,34)(H,30,36)(H,31,33)/t19-,20-,22-/m0/s1. The number of fused-ring (bicyclic) bond motifs is 3. The van der Waals surface area contributed by atoms with Gasteiger partial charge in [0, 0.05) is 25.1 Å². The lowest BCUT2D eigenvalue weighted by atomic mass is 9.91. The van der Waals surface area contributed by atoms with Crippen LogP contribution in [0.15, 0.2) is 24.3 Å². The van der Waals surface area contributed by atoms with E-state index in [2.05, 4.69) is 16.0 Å². The molecule has 1 aromatic carbocycles. The Morgan fingerprint density at radius 3 is 2.55 bits per heavy atom. The molecule has 10 nitrogen and oxygen atoms in total. The van der Waals surface area contributed by atoms with Gasteiger partial charge >= 0.3 is 6.09 Å². The third-order valence-corrected chi connectivity index (χ3v) is 6.24. The summed E-state index contributed by atoms with van der Waals surface area (Å²) in [4.78, 5) is 53.3. The highest BCUT2D eigenvalue weighted by Gasteiger charge is 2.40. The fourth-order valence-corrected chi connectivity index (χ4v) is 4.64. The number of amides is 4. The molecule has 2 heterocycles. The Balaban J connectivity index is 1.83. The number of carbonyl (C=O) groups excluding carboxylic acids is 4. The predicted molar refractivity (Wildman–Crippen MR) is 143 cm³/mol. The molecule has 1 aromatic rings. The van der Waals surface area contributed by atoms with E-state index in [1.54, 1.807) is 49.9 Å². The molecule has 2 aliphatic heterocycles. The molecule has 3 atom stereocenters. The molecule has 210 valence electrons. The zero-order chi connectivity index (χ0) is 28.1. The molecule has 10 heteroatoms. The Bertz CT molecular complexity index is 1030. The van der Waals surface area contributed by atoms with Crippen LogP contribution < -0.4 is 20.7 Å². The summed E-state index contributed by atoms with van der Waals surface area (Å²) in [6.45, 7) is 12.1. The molecule has 0 spiro atoms. The Labute approximate surface area is 225 Å². The lowest BCUT2D eigenvalue weighted by molar-refractivity contribution is -0.138. The van der Waals surface area contributed by atoms with Crippen LogP contribution in [0.25, 0.3) is 0 Å². The van der Waals surface area contributed by atoms with E-state index in [4.69, 9.17) is 9.47 Å². The highest BCUT2D eigenvalue weighted by molar-refractivity contribution is 5.94. The molecule has 38 heavy (non-hydrogen) atoms. The van der Waals surface area contributed by atoms with Crippen LogP contribution >= 0.6 is 0 Å². The smallest absolute Gasteiger partial charge is 0.407 e. The molecule has 4 amide bonds. The van der Waals surface area contributed by atoms with Gasteiger partial charge in [0.15, 0.2) is 0 Å². The Morgan fingerprint density at radius 2 is 1.87 bits per heavy atom. The molecule has 3 N–H and O–H groups in total. The third kappa shape index (κ3) is 8.92. The van der Waals surface area contributed by atoms with E-state index in [-0.39, 0.29) is 54.8 Å². The number of nitrogens with zero attached hydrogens (tertiary/aromatic N) is 1. The second-order valence-electron chi connectivity index (χ2n) is 12.3. The van der Waals surface area contributed by atoms with Crippen LogP contribution in [0, 0.1) is 5.41 Å². The van der Waals surface area contributed by atoms with Crippen LogP contribution in [0.2, 0.25) is 0 Å². The van der Waals surface area contributed by atoms with Crippen molar-refractivity contribution in [3.05, 3.63) is 29.8 Å². The minimum absolute atomic E-state index is 0.173. The molecule has 3 rings (SSSR count). The van der Waals surface area contributed by atoms with Crippen LogP contribution in [0.4, 0.5) is 4.79 Å². The second kappa shape index (κ2) is 12.0. The number of benzene rings is 1. The largest absolute Gasteiger partial charge is 0.491 e. The first-order chi connectivity index (χ1) is 17.7. The molecular formula is C28H42N4O6. The van der Waals surface area contributed by atoms with Crippen LogP contribution in [0.1, 0.15) is 77.6 Å². The molecule has 1 fully saturated rings. The highest BCUT2D eigenvalue weighted by Crippen LogP contribution is 2.24. The Morgan fingerprint density at radius 1 is 1.13 bits per heavy atom. The zero-order valence-corrected chi connectivity index (χ0v) is 23.4. The fraction of sp³-hybridized carbons (Fsp3) is 0.643. The number of nitrogens with one attached hydrogen (secondary N) is 3. The maximum absolute atomic E-state index is 13.8. The van der Waals surface area contributed by atoms with Crippen molar-refractivity contribution in [1.82, 2.24) is 20.9 Å². The Hall–Kier alpha value is -3.30. The van der Waals surface area contributed by atoms with E-state index in [1.807, 2.05) is 20.8 Å². The van der Waals surface area contributed by atoms with Crippen LogP contribution in [-0.4, -0.2) is 72.1 Å². The summed E-state index contributed by atoms with van der Waals surface area (Å²) in [7, 11) is 0. The Kier molecular flexibility index (Phi) is 9.27. The van der Waals surface area contributed by atoms with E-state index in [0.717, 1.165) is 0 Å². The summed E-state index contributed by atoms with van der Waals surface area (Å²) in [5.74, 6) is -0.144. The average molecular weight is 531 g/mol. The van der Waals surface area contributed by atoms with E-state index >= 15 is 0 Å². The predicted octanol–water partition coefficient (Wildman–Crippen LogP) is 3.00. The minimum atomic E-state index is -0.759. The third-order valence-electron chi connectivity index (χ3n) is 6.24. The van der Waals surface area contributed by atoms with Gasteiger partial charge in [0.2, 0.25) is 11.8 Å². The normalized spacial score (nSPS) is 22.9. The first kappa shape index (κ1) is 29.3. The summed E-state index contributed by atoms with van der Waals surface area (Å²) in [5.41, 5.74) is -0.397. The van der Waals surface area contributed by atoms with Gasteiger partial charge in [-0.05, 0) is 63.6 Å². The van der Waals surface area contributed by atoms with Crippen molar-refractivity contribution in [2.75, 3.05) is 19.7 Å². The van der Waals surface area contributed by atoms with Gasteiger partial charge in [-0.15, -0.1) is 0 Å².